The van der Waals surface area contributed by atoms with Gasteiger partial charge in [-0.1, -0.05) is 57.9 Å². The fourth-order valence-electron chi connectivity index (χ4n) is 4.15. The minimum Gasteiger partial charge on any atom is -0.306 e. The van der Waals surface area contributed by atoms with Crippen molar-refractivity contribution < 1.29 is 0 Å². The Kier molecular flexibility index (Phi) is 4.66. The van der Waals surface area contributed by atoms with Gasteiger partial charge in [0.2, 0.25) is 0 Å². The Morgan fingerprint density at radius 2 is 1.86 bits per heavy atom. The van der Waals surface area contributed by atoms with E-state index in [4.69, 9.17) is 0 Å². The van der Waals surface area contributed by atoms with Crippen molar-refractivity contribution in [2.75, 3.05) is 5.75 Å². The number of hydrogen-bond donors (Lipinski definition) is 1. The van der Waals surface area contributed by atoms with Crippen LogP contribution in [0.3, 0.4) is 0 Å². The Bertz CT molecular complexity index is 477. The first kappa shape index (κ1) is 15.4. The largest absolute Gasteiger partial charge is 0.306 e. The molecule has 1 saturated carbocycles. The number of fused-ring (bicyclic) bond motifs is 1. The molecule has 1 nitrogen and oxygen atoms in total. The fraction of sp³-hybridized carbons (Fsp3) is 0.684. The molecule has 3 rings (SSSR count). The first-order valence-electron chi connectivity index (χ1n) is 8.47. The van der Waals surface area contributed by atoms with E-state index in [0.29, 0.717) is 17.5 Å². The van der Waals surface area contributed by atoms with Crippen LogP contribution in [0.5, 0.6) is 0 Å². The first-order chi connectivity index (χ1) is 10.1. The van der Waals surface area contributed by atoms with Gasteiger partial charge in [-0.25, -0.2) is 0 Å². The Balaban J connectivity index is 1.77. The zero-order valence-electron chi connectivity index (χ0n) is 13.7. The van der Waals surface area contributed by atoms with Crippen molar-refractivity contribution in [1.82, 2.24) is 5.32 Å². The third-order valence-corrected chi connectivity index (χ3v) is 6.35. The van der Waals surface area contributed by atoms with Gasteiger partial charge in [0.15, 0.2) is 0 Å². The highest BCUT2D eigenvalue weighted by atomic mass is 32.2. The van der Waals surface area contributed by atoms with Crippen LogP contribution in [0.25, 0.3) is 0 Å². The minimum absolute atomic E-state index is 0.416. The van der Waals surface area contributed by atoms with Gasteiger partial charge in [0.25, 0.3) is 0 Å². The fourth-order valence-corrected chi connectivity index (χ4v) is 5.26. The summed E-state index contributed by atoms with van der Waals surface area (Å²) >= 11 is 2.08. The predicted molar refractivity (Wildman–Crippen MR) is 93.7 cm³/mol. The Hall–Kier alpha value is -0.470. The summed E-state index contributed by atoms with van der Waals surface area (Å²) in [6.07, 6.45) is 5.55. The lowest BCUT2D eigenvalue weighted by molar-refractivity contribution is 0.124. The molecule has 116 valence electrons. The molecule has 21 heavy (non-hydrogen) atoms. The van der Waals surface area contributed by atoms with Crippen molar-refractivity contribution in [3.63, 3.8) is 0 Å². The topological polar surface area (TPSA) is 12.0 Å². The second kappa shape index (κ2) is 6.34. The van der Waals surface area contributed by atoms with Gasteiger partial charge in [-0.05, 0) is 35.3 Å². The lowest BCUT2D eigenvalue weighted by Gasteiger charge is -2.43. The van der Waals surface area contributed by atoms with Gasteiger partial charge in [0.1, 0.15) is 0 Å². The van der Waals surface area contributed by atoms with Crippen molar-refractivity contribution in [3.05, 3.63) is 35.4 Å². The van der Waals surface area contributed by atoms with Gasteiger partial charge in [-0.2, -0.15) is 11.8 Å². The van der Waals surface area contributed by atoms with Crippen molar-refractivity contribution in [2.45, 2.75) is 64.3 Å². The van der Waals surface area contributed by atoms with Crippen LogP contribution in [-0.2, 0) is 5.75 Å². The molecular weight excluding hydrogens is 274 g/mol. The van der Waals surface area contributed by atoms with Crippen molar-refractivity contribution in [2.24, 2.45) is 11.3 Å². The van der Waals surface area contributed by atoms with E-state index in [1.165, 1.54) is 42.8 Å². The molecule has 0 spiro atoms. The lowest BCUT2D eigenvalue weighted by Crippen LogP contribution is -2.46. The smallest absolute Gasteiger partial charge is 0.0417 e. The molecule has 0 saturated heterocycles. The third-order valence-electron chi connectivity index (χ3n) is 5.27. The van der Waals surface area contributed by atoms with E-state index in [9.17, 15) is 0 Å². The predicted octanol–water partition coefficient (Wildman–Crippen LogP) is 5.17. The van der Waals surface area contributed by atoms with Crippen molar-refractivity contribution in [3.8, 4) is 0 Å². The first-order valence-corrected chi connectivity index (χ1v) is 9.63. The van der Waals surface area contributed by atoms with Gasteiger partial charge >= 0.3 is 0 Å². The maximum atomic E-state index is 4.05. The van der Waals surface area contributed by atoms with Crippen molar-refractivity contribution in [1.29, 1.82) is 0 Å². The summed E-state index contributed by atoms with van der Waals surface area (Å²) < 4.78 is 0. The molecule has 1 aromatic carbocycles. The van der Waals surface area contributed by atoms with Crippen LogP contribution in [0.2, 0.25) is 0 Å². The van der Waals surface area contributed by atoms with E-state index in [1.807, 2.05) is 0 Å². The normalized spacial score (nSPS) is 30.0. The second-order valence-corrected chi connectivity index (χ2v) is 8.83. The minimum atomic E-state index is 0.416. The third kappa shape index (κ3) is 3.48. The van der Waals surface area contributed by atoms with E-state index < -0.39 is 0 Å². The quantitative estimate of drug-likeness (QED) is 0.809. The van der Waals surface area contributed by atoms with Gasteiger partial charge in [-0.15, -0.1) is 0 Å². The zero-order chi connectivity index (χ0) is 14.9. The maximum absolute atomic E-state index is 4.05. The van der Waals surface area contributed by atoms with E-state index in [-0.39, 0.29) is 0 Å². The molecule has 1 N–H and O–H groups in total. The van der Waals surface area contributed by atoms with Crippen LogP contribution >= 0.6 is 11.8 Å². The summed E-state index contributed by atoms with van der Waals surface area (Å²) in [4.78, 5) is 0. The van der Waals surface area contributed by atoms with Crippen LogP contribution in [0, 0.1) is 11.3 Å². The molecule has 1 aliphatic carbocycles. The molecular formula is C19H29NS. The molecule has 0 radical (unpaired) electrons. The van der Waals surface area contributed by atoms with Gasteiger partial charge in [0.05, 0.1) is 0 Å². The van der Waals surface area contributed by atoms with Gasteiger partial charge in [-0.3, -0.25) is 0 Å². The molecule has 1 aromatic rings. The molecule has 0 amide bonds. The molecule has 1 fully saturated rings. The van der Waals surface area contributed by atoms with Crippen LogP contribution in [-0.4, -0.2) is 11.8 Å². The summed E-state index contributed by atoms with van der Waals surface area (Å²) in [6.45, 7) is 7.25. The molecule has 2 heteroatoms. The van der Waals surface area contributed by atoms with E-state index >= 15 is 0 Å². The molecule has 1 heterocycles. The Morgan fingerprint density at radius 3 is 2.67 bits per heavy atom. The van der Waals surface area contributed by atoms with E-state index in [2.05, 4.69) is 62.1 Å². The van der Waals surface area contributed by atoms with E-state index in [0.717, 1.165) is 5.92 Å². The standard InChI is InChI=1S/C19H29NS/c1-19(2,3)16-10-6-7-11-17(16)20-18-13-21-12-14-8-4-5-9-15(14)18/h4-5,8-9,16-18,20H,6-7,10-13H2,1-3H3. The summed E-state index contributed by atoms with van der Waals surface area (Å²) in [5.74, 6) is 3.22. The summed E-state index contributed by atoms with van der Waals surface area (Å²) in [5.41, 5.74) is 3.50. The number of hydrogen-bond acceptors (Lipinski definition) is 2. The van der Waals surface area contributed by atoms with Gasteiger partial charge in [0, 0.05) is 23.6 Å². The summed E-state index contributed by atoms with van der Waals surface area (Å²) in [7, 11) is 0. The molecule has 3 unspecified atom stereocenters. The van der Waals surface area contributed by atoms with Crippen molar-refractivity contribution >= 4 is 11.8 Å². The number of thioether (sulfide) groups is 1. The Labute approximate surface area is 134 Å². The number of nitrogens with one attached hydrogen (secondary N) is 1. The molecule has 1 aliphatic heterocycles. The number of benzene rings is 1. The average Bonchev–Trinajstić information content (AvgIpc) is 2.47. The monoisotopic (exact) mass is 303 g/mol. The second-order valence-electron chi connectivity index (χ2n) is 7.80. The zero-order valence-corrected chi connectivity index (χ0v) is 14.5. The van der Waals surface area contributed by atoms with Gasteiger partial charge < -0.3 is 5.32 Å². The maximum Gasteiger partial charge on any atom is 0.0417 e. The molecule has 2 aliphatic rings. The average molecular weight is 304 g/mol. The van der Waals surface area contributed by atoms with Crippen LogP contribution in [0.4, 0.5) is 0 Å². The molecule has 0 bridgehead atoms. The highest BCUT2D eigenvalue weighted by molar-refractivity contribution is 7.98. The summed E-state index contributed by atoms with van der Waals surface area (Å²) in [6, 6.07) is 10.3. The van der Waals surface area contributed by atoms with Crippen LogP contribution in [0.15, 0.2) is 24.3 Å². The molecule has 3 atom stereocenters. The Morgan fingerprint density at radius 1 is 1.10 bits per heavy atom. The molecule has 0 aromatic heterocycles. The highest BCUT2D eigenvalue weighted by Gasteiger charge is 2.35. The number of rotatable bonds is 2. The summed E-state index contributed by atoms with van der Waals surface area (Å²) in [5, 5.41) is 4.05. The van der Waals surface area contributed by atoms with Crippen LogP contribution in [0.1, 0.15) is 63.6 Å². The van der Waals surface area contributed by atoms with E-state index in [1.54, 1.807) is 5.56 Å². The highest BCUT2D eigenvalue weighted by Crippen LogP contribution is 2.40. The van der Waals surface area contributed by atoms with Crippen LogP contribution < -0.4 is 5.32 Å². The SMILES string of the molecule is CC(C)(C)C1CCCCC1NC1CSCc2ccccc21. The lowest BCUT2D eigenvalue weighted by atomic mass is 9.69.